The molecular formula is C12H19BrN2S2. The maximum Gasteiger partial charge on any atom is 0.0702 e. The van der Waals surface area contributed by atoms with Crippen molar-refractivity contribution in [2.24, 2.45) is 5.73 Å². The fourth-order valence-electron chi connectivity index (χ4n) is 2.42. The van der Waals surface area contributed by atoms with E-state index in [9.17, 15) is 0 Å². The average molecular weight is 335 g/mol. The molecule has 2 nitrogen and oxygen atoms in total. The normalized spacial score (nSPS) is 28.2. The highest BCUT2D eigenvalue weighted by Crippen LogP contribution is 2.34. The first-order chi connectivity index (χ1) is 8.10. The van der Waals surface area contributed by atoms with Gasteiger partial charge >= 0.3 is 0 Å². The number of hydrogen-bond acceptors (Lipinski definition) is 4. The van der Waals surface area contributed by atoms with E-state index in [1.807, 2.05) is 0 Å². The monoisotopic (exact) mass is 334 g/mol. The number of rotatable bonds is 3. The van der Waals surface area contributed by atoms with Gasteiger partial charge in [0.25, 0.3) is 0 Å². The van der Waals surface area contributed by atoms with Crippen molar-refractivity contribution in [3.63, 3.8) is 0 Å². The molecule has 3 atom stereocenters. The molecule has 1 aromatic heterocycles. The summed E-state index contributed by atoms with van der Waals surface area (Å²) in [4.78, 5) is 3.93. The molecule has 1 saturated heterocycles. The Hall–Kier alpha value is 0.450. The number of nitrogens with zero attached hydrogens (tertiary/aromatic N) is 1. The van der Waals surface area contributed by atoms with Crippen molar-refractivity contribution in [2.45, 2.75) is 30.4 Å². The number of nitrogens with two attached hydrogens (primary N) is 1. The Bertz CT molecular complexity index is 359. The van der Waals surface area contributed by atoms with Crippen LogP contribution in [0.4, 0.5) is 0 Å². The van der Waals surface area contributed by atoms with Crippen LogP contribution in [0.2, 0.25) is 0 Å². The molecule has 0 spiro atoms. The number of thiophene rings is 1. The van der Waals surface area contributed by atoms with Crippen molar-refractivity contribution in [3.05, 3.63) is 20.8 Å². The highest BCUT2D eigenvalue weighted by Gasteiger charge is 2.28. The molecule has 0 saturated carbocycles. The fourth-order valence-corrected chi connectivity index (χ4v) is 5.34. The maximum atomic E-state index is 5.98. The van der Waals surface area contributed by atoms with Crippen LogP contribution in [-0.2, 0) is 0 Å². The van der Waals surface area contributed by atoms with Gasteiger partial charge in [-0.1, -0.05) is 13.8 Å². The molecule has 1 fully saturated rings. The standard InChI is InChI=1S/C12H19BrN2S2/c1-8-6-15(7-9(2)16-8)10(5-14)11-3-4-12(13)17-11/h3-4,8-10H,5-7,14H2,1-2H3. The summed E-state index contributed by atoms with van der Waals surface area (Å²) in [6, 6.07) is 4.70. The van der Waals surface area contributed by atoms with Crippen LogP contribution in [0.3, 0.4) is 0 Å². The molecule has 3 unspecified atom stereocenters. The van der Waals surface area contributed by atoms with Gasteiger partial charge in [0.15, 0.2) is 0 Å². The summed E-state index contributed by atoms with van der Waals surface area (Å²) in [7, 11) is 0. The van der Waals surface area contributed by atoms with Crippen LogP contribution in [0.25, 0.3) is 0 Å². The molecule has 17 heavy (non-hydrogen) atoms. The maximum absolute atomic E-state index is 5.98. The predicted octanol–water partition coefficient (Wildman–Crippen LogP) is 3.34. The number of thioether (sulfide) groups is 1. The summed E-state index contributed by atoms with van der Waals surface area (Å²) in [5.41, 5.74) is 5.98. The molecule has 1 aliphatic rings. The van der Waals surface area contributed by atoms with Gasteiger partial charge in [-0.15, -0.1) is 11.3 Å². The summed E-state index contributed by atoms with van der Waals surface area (Å²) in [5, 5.41) is 1.41. The summed E-state index contributed by atoms with van der Waals surface area (Å²) in [6.45, 7) is 7.62. The summed E-state index contributed by atoms with van der Waals surface area (Å²) in [6.07, 6.45) is 0. The van der Waals surface area contributed by atoms with Gasteiger partial charge in [-0.3, -0.25) is 4.90 Å². The van der Waals surface area contributed by atoms with Crippen LogP contribution >= 0.6 is 39.0 Å². The molecular weight excluding hydrogens is 316 g/mol. The van der Waals surface area contributed by atoms with Gasteiger partial charge in [-0.2, -0.15) is 11.8 Å². The average Bonchev–Trinajstić information content (AvgIpc) is 2.64. The Morgan fingerprint density at radius 3 is 2.53 bits per heavy atom. The van der Waals surface area contributed by atoms with E-state index in [0.717, 1.165) is 13.1 Å². The minimum absolute atomic E-state index is 0.386. The number of halogens is 1. The van der Waals surface area contributed by atoms with E-state index in [4.69, 9.17) is 5.73 Å². The van der Waals surface area contributed by atoms with Crippen molar-refractivity contribution in [2.75, 3.05) is 19.6 Å². The molecule has 0 bridgehead atoms. The van der Waals surface area contributed by atoms with E-state index < -0.39 is 0 Å². The molecule has 96 valence electrons. The SMILES string of the molecule is CC1CN(C(CN)c2ccc(Br)s2)CC(C)S1. The van der Waals surface area contributed by atoms with Gasteiger partial charge in [-0.05, 0) is 28.1 Å². The third-order valence-corrected chi connectivity index (χ3v) is 5.99. The van der Waals surface area contributed by atoms with Crippen molar-refractivity contribution in [1.29, 1.82) is 0 Å². The van der Waals surface area contributed by atoms with E-state index in [1.165, 1.54) is 8.66 Å². The van der Waals surface area contributed by atoms with Crippen molar-refractivity contribution >= 4 is 39.0 Å². The second-order valence-electron chi connectivity index (χ2n) is 4.60. The Balaban J connectivity index is 2.12. The third-order valence-electron chi connectivity index (χ3n) is 3.03. The predicted molar refractivity (Wildman–Crippen MR) is 81.9 cm³/mol. The van der Waals surface area contributed by atoms with Gasteiger partial charge < -0.3 is 5.73 Å². The van der Waals surface area contributed by atoms with Crippen LogP contribution < -0.4 is 5.73 Å². The molecule has 2 rings (SSSR count). The van der Waals surface area contributed by atoms with Gasteiger partial charge in [-0.25, -0.2) is 0 Å². The summed E-state index contributed by atoms with van der Waals surface area (Å²) < 4.78 is 1.19. The molecule has 2 N–H and O–H groups in total. The topological polar surface area (TPSA) is 29.3 Å². The highest BCUT2D eigenvalue weighted by atomic mass is 79.9. The zero-order chi connectivity index (χ0) is 12.4. The lowest BCUT2D eigenvalue weighted by Gasteiger charge is -2.39. The minimum Gasteiger partial charge on any atom is -0.329 e. The molecule has 2 heterocycles. The first-order valence-electron chi connectivity index (χ1n) is 5.95. The van der Waals surface area contributed by atoms with Crippen LogP contribution in [-0.4, -0.2) is 35.0 Å². The van der Waals surface area contributed by atoms with Crippen molar-refractivity contribution < 1.29 is 0 Å². The van der Waals surface area contributed by atoms with E-state index in [0.29, 0.717) is 23.1 Å². The van der Waals surface area contributed by atoms with Gasteiger partial charge in [0.05, 0.1) is 9.83 Å². The smallest absolute Gasteiger partial charge is 0.0702 e. The van der Waals surface area contributed by atoms with E-state index >= 15 is 0 Å². The van der Waals surface area contributed by atoms with Crippen LogP contribution in [0, 0.1) is 0 Å². The summed E-state index contributed by atoms with van der Waals surface area (Å²) in [5.74, 6) is 0. The van der Waals surface area contributed by atoms with E-state index in [2.05, 4.69) is 58.6 Å². The lowest BCUT2D eigenvalue weighted by molar-refractivity contribution is 0.202. The Morgan fingerprint density at radius 2 is 2.06 bits per heavy atom. The Labute approximate surface area is 120 Å². The number of hydrogen-bond donors (Lipinski definition) is 1. The minimum atomic E-state index is 0.386. The van der Waals surface area contributed by atoms with E-state index in [1.54, 1.807) is 11.3 Å². The molecule has 0 aliphatic carbocycles. The van der Waals surface area contributed by atoms with Crippen LogP contribution in [0.1, 0.15) is 24.8 Å². The lowest BCUT2D eigenvalue weighted by atomic mass is 10.1. The first-order valence-corrected chi connectivity index (χ1v) is 8.50. The lowest BCUT2D eigenvalue weighted by Crippen LogP contribution is -2.44. The quantitative estimate of drug-likeness (QED) is 0.919. The Morgan fingerprint density at radius 1 is 1.41 bits per heavy atom. The van der Waals surface area contributed by atoms with Gasteiger partial charge in [0.2, 0.25) is 0 Å². The molecule has 1 aliphatic heterocycles. The zero-order valence-electron chi connectivity index (χ0n) is 10.2. The third kappa shape index (κ3) is 3.47. The molecule has 1 aromatic rings. The second kappa shape index (κ2) is 6.06. The summed E-state index contributed by atoms with van der Waals surface area (Å²) >= 11 is 7.42. The molecule has 5 heteroatoms. The first kappa shape index (κ1) is 13.9. The van der Waals surface area contributed by atoms with Crippen molar-refractivity contribution in [1.82, 2.24) is 4.90 Å². The molecule has 0 aromatic carbocycles. The molecule has 0 amide bonds. The van der Waals surface area contributed by atoms with Crippen molar-refractivity contribution in [3.8, 4) is 0 Å². The van der Waals surface area contributed by atoms with Crippen LogP contribution in [0.5, 0.6) is 0 Å². The Kier molecular flexibility index (Phi) is 4.95. The van der Waals surface area contributed by atoms with E-state index in [-0.39, 0.29) is 0 Å². The fraction of sp³-hybridized carbons (Fsp3) is 0.667. The molecule has 0 radical (unpaired) electrons. The van der Waals surface area contributed by atoms with Crippen LogP contribution in [0.15, 0.2) is 15.9 Å². The second-order valence-corrected chi connectivity index (χ2v) is 8.98. The largest absolute Gasteiger partial charge is 0.329 e. The van der Waals surface area contributed by atoms with Gasteiger partial charge in [0.1, 0.15) is 0 Å². The van der Waals surface area contributed by atoms with Gasteiger partial charge in [0, 0.05) is 35.0 Å². The zero-order valence-corrected chi connectivity index (χ0v) is 13.4. The highest BCUT2D eigenvalue weighted by molar-refractivity contribution is 9.11.